The minimum atomic E-state index is -1.56. The molecule has 0 fully saturated rings. The molecule has 4 amide bonds. The average molecular weight is 533 g/mol. The first kappa shape index (κ1) is 30.3. The number of H-pyrrole nitrogens is 1. The molecule has 1 aromatic heterocycles. The number of nitrogens with two attached hydrogens (primary N) is 2. The largest absolute Gasteiger partial charge is 0.480 e. The first-order valence-corrected chi connectivity index (χ1v) is 12.3. The Morgan fingerprint density at radius 1 is 1.00 bits per heavy atom. The maximum absolute atomic E-state index is 13.2. The number of aromatic amines is 1. The summed E-state index contributed by atoms with van der Waals surface area (Å²) in [7, 11) is 0. The smallest absolute Gasteiger partial charge is 0.328 e. The summed E-state index contributed by atoms with van der Waals surface area (Å²) in [5, 5.41) is 26.5. The van der Waals surface area contributed by atoms with E-state index in [-0.39, 0.29) is 19.3 Å². The Hall–Kier alpha value is -3.97. The van der Waals surface area contributed by atoms with Crippen molar-refractivity contribution in [1.29, 1.82) is 0 Å². The molecule has 2 rings (SSSR count). The fourth-order valence-electron chi connectivity index (χ4n) is 3.87. The zero-order chi connectivity index (χ0) is 28.4. The number of amides is 4. The zero-order valence-electron chi connectivity index (χ0n) is 21.4. The molecule has 0 aliphatic heterocycles. The summed E-state index contributed by atoms with van der Waals surface area (Å²) in [6.07, 6.45) is 2.01. The number of hydrogen-bond donors (Lipinski definition) is 8. The van der Waals surface area contributed by atoms with E-state index in [4.69, 9.17) is 16.6 Å². The van der Waals surface area contributed by atoms with Crippen molar-refractivity contribution in [3.05, 3.63) is 36.0 Å². The Balaban J connectivity index is 2.16. The van der Waals surface area contributed by atoms with Crippen LogP contribution in [-0.2, 0) is 30.4 Å². The highest BCUT2D eigenvalue weighted by atomic mass is 16.4. The molecule has 1 aromatic carbocycles. The molecule has 0 aliphatic carbocycles. The second-order valence-corrected chi connectivity index (χ2v) is 9.19. The molecule has 2 aromatic rings. The summed E-state index contributed by atoms with van der Waals surface area (Å²) in [6, 6.07) is 2.52. The Bertz CT molecular complexity index is 1150. The SMILES string of the molecule is CCC(C)C(NC(=O)C(CCC(N)=O)NC(=O)C(N)Cc1c[nH]c2ccccc12)C(=O)NC(CO)C(=O)O. The minimum Gasteiger partial charge on any atom is -0.480 e. The van der Waals surface area contributed by atoms with Gasteiger partial charge in [-0.05, 0) is 30.4 Å². The fourth-order valence-corrected chi connectivity index (χ4v) is 3.87. The summed E-state index contributed by atoms with van der Waals surface area (Å²) >= 11 is 0. The number of carbonyl (C=O) groups excluding carboxylic acids is 4. The van der Waals surface area contributed by atoms with Gasteiger partial charge in [-0.25, -0.2) is 4.79 Å². The topological polar surface area (TPSA) is 230 Å². The maximum Gasteiger partial charge on any atom is 0.328 e. The second-order valence-electron chi connectivity index (χ2n) is 9.19. The molecule has 0 bridgehead atoms. The molecule has 10 N–H and O–H groups in total. The predicted octanol–water partition coefficient (Wildman–Crippen LogP) is -1.12. The van der Waals surface area contributed by atoms with Crippen LogP contribution in [0.25, 0.3) is 10.9 Å². The zero-order valence-corrected chi connectivity index (χ0v) is 21.4. The van der Waals surface area contributed by atoms with Crippen molar-refractivity contribution >= 4 is 40.5 Å². The minimum absolute atomic E-state index is 0.143. The molecule has 0 saturated heterocycles. The number of benzene rings is 1. The van der Waals surface area contributed by atoms with Crippen LogP contribution >= 0.6 is 0 Å². The van der Waals surface area contributed by atoms with Crippen LogP contribution < -0.4 is 27.4 Å². The van der Waals surface area contributed by atoms with E-state index in [0.29, 0.717) is 6.42 Å². The summed E-state index contributed by atoms with van der Waals surface area (Å²) in [4.78, 5) is 64.6. The summed E-state index contributed by atoms with van der Waals surface area (Å²) in [5.74, 6) is -4.78. The predicted molar refractivity (Wildman–Crippen MR) is 138 cm³/mol. The Labute approximate surface area is 219 Å². The fraction of sp³-hybridized carbons (Fsp3) is 0.480. The van der Waals surface area contributed by atoms with Crippen LogP contribution in [0.2, 0.25) is 0 Å². The molecular weight excluding hydrogens is 496 g/mol. The van der Waals surface area contributed by atoms with Gasteiger partial charge in [0, 0.05) is 23.5 Å². The van der Waals surface area contributed by atoms with Gasteiger partial charge in [0.25, 0.3) is 0 Å². The van der Waals surface area contributed by atoms with Crippen LogP contribution in [0.5, 0.6) is 0 Å². The summed E-state index contributed by atoms with van der Waals surface area (Å²) in [6.45, 7) is 2.61. The number of aliphatic hydroxyl groups excluding tert-OH is 1. The number of aliphatic hydroxyl groups is 1. The highest BCUT2D eigenvalue weighted by Gasteiger charge is 2.32. The van der Waals surface area contributed by atoms with Gasteiger partial charge < -0.3 is 42.6 Å². The number of nitrogens with one attached hydrogen (secondary N) is 4. The third-order valence-corrected chi connectivity index (χ3v) is 6.35. The van der Waals surface area contributed by atoms with E-state index in [1.165, 1.54) is 0 Å². The van der Waals surface area contributed by atoms with Gasteiger partial charge in [0.15, 0.2) is 0 Å². The average Bonchev–Trinajstić information content (AvgIpc) is 3.29. The standard InChI is InChI=1S/C25H36N6O7/c1-3-13(2)21(24(36)30-19(12-32)25(37)38)31-23(35)18(8-9-20(27)33)29-22(34)16(26)10-14-11-28-17-7-5-4-6-15(14)17/h4-7,11,13,16,18-19,21,28,32H,3,8-10,12,26H2,1-2H3,(H2,27,33)(H,29,34)(H,30,36)(H,31,35)(H,37,38). The van der Waals surface area contributed by atoms with Gasteiger partial charge in [0.2, 0.25) is 23.6 Å². The molecule has 0 radical (unpaired) electrons. The van der Waals surface area contributed by atoms with Crippen LogP contribution in [-0.4, -0.2) is 75.6 Å². The Kier molecular flexibility index (Phi) is 11.2. The molecule has 1 heterocycles. The van der Waals surface area contributed by atoms with Gasteiger partial charge in [-0.1, -0.05) is 38.5 Å². The van der Waals surface area contributed by atoms with E-state index in [1.54, 1.807) is 20.0 Å². The highest BCUT2D eigenvalue weighted by molar-refractivity contribution is 5.94. The lowest BCUT2D eigenvalue weighted by Gasteiger charge is -2.27. The molecule has 13 heteroatoms. The number of aliphatic carboxylic acids is 1. The molecular formula is C25H36N6O7. The number of aromatic nitrogens is 1. The molecule has 5 atom stereocenters. The number of carbonyl (C=O) groups is 5. The number of hydrogen-bond acceptors (Lipinski definition) is 7. The number of para-hydroxylation sites is 1. The second kappa shape index (κ2) is 14.1. The first-order chi connectivity index (χ1) is 18.0. The van der Waals surface area contributed by atoms with Crippen molar-refractivity contribution in [2.75, 3.05) is 6.61 Å². The van der Waals surface area contributed by atoms with Gasteiger partial charge in [-0.2, -0.15) is 0 Å². The van der Waals surface area contributed by atoms with E-state index in [2.05, 4.69) is 20.9 Å². The third-order valence-electron chi connectivity index (χ3n) is 6.35. The van der Waals surface area contributed by atoms with E-state index < -0.39 is 66.3 Å². The number of carboxylic acids is 1. The van der Waals surface area contributed by atoms with Crippen LogP contribution in [0.3, 0.4) is 0 Å². The van der Waals surface area contributed by atoms with Gasteiger partial charge in [0.05, 0.1) is 12.6 Å². The number of rotatable bonds is 15. The van der Waals surface area contributed by atoms with Gasteiger partial charge in [-0.15, -0.1) is 0 Å². The van der Waals surface area contributed by atoms with Crippen LogP contribution in [0.4, 0.5) is 0 Å². The van der Waals surface area contributed by atoms with E-state index in [1.807, 2.05) is 24.3 Å². The lowest BCUT2D eigenvalue weighted by atomic mass is 9.97. The lowest BCUT2D eigenvalue weighted by molar-refractivity contribution is -0.143. The van der Waals surface area contributed by atoms with Crippen molar-refractivity contribution in [3.63, 3.8) is 0 Å². The van der Waals surface area contributed by atoms with E-state index >= 15 is 0 Å². The van der Waals surface area contributed by atoms with Crippen LogP contribution in [0, 0.1) is 5.92 Å². The lowest BCUT2D eigenvalue weighted by Crippen LogP contribution is -2.59. The first-order valence-electron chi connectivity index (χ1n) is 12.3. The van der Waals surface area contributed by atoms with Crippen molar-refractivity contribution in [2.45, 2.75) is 63.7 Å². The molecule has 13 nitrogen and oxygen atoms in total. The normalized spacial score (nSPS) is 15.1. The molecule has 38 heavy (non-hydrogen) atoms. The molecule has 0 aliphatic rings. The third kappa shape index (κ3) is 8.28. The quantitative estimate of drug-likeness (QED) is 0.140. The van der Waals surface area contributed by atoms with Crippen LogP contribution in [0.15, 0.2) is 30.5 Å². The van der Waals surface area contributed by atoms with Gasteiger partial charge >= 0.3 is 5.97 Å². The molecule has 0 saturated carbocycles. The van der Waals surface area contributed by atoms with Crippen LogP contribution in [0.1, 0.15) is 38.7 Å². The van der Waals surface area contributed by atoms with Crippen molar-refractivity contribution in [3.8, 4) is 0 Å². The Morgan fingerprint density at radius 3 is 2.26 bits per heavy atom. The summed E-state index contributed by atoms with van der Waals surface area (Å²) in [5.41, 5.74) is 13.1. The molecule has 5 unspecified atom stereocenters. The van der Waals surface area contributed by atoms with Crippen molar-refractivity contribution in [2.24, 2.45) is 17.4 Å². The van der Waals surface area contributed by atoms with Gasteiger partial charge in [-0.3, -0.25) is 19.2 Å². The van der Waals surface area contributed by atoms with Crippen molar-refractivity contribution < 1.29 is 34.2 Å². The molecule has 208 valence electrons. The monoisotopic (exact) mass is 532 g/mol. The number of fused-ring (bicyclic) bond motifs is 1. The highest BCUT2D eigenvalue weighted by Crippen LogP contribution is 2.19. The number of carboxylic acid groups (broad SMARTS) is 1. The summed E-state index contributed by atoms with van der Waals surface area (Å²) < 4.78 is 0. The van der Waals surface area contributed by atoms with Gasteiger partial charge in [0.1, 0.15) is 18.1 Å². The maximum atomic E-state index is 13.2. The van der Waals surface area contributed by atoms with E-state index in [0.717, 1.165) is 16.5 Å². The Morgan fingerprint density at radius 2 is 1.66 bits per heavy atom. The van der Waals surface area contributed by atoms with E-state index in [9.17, 15) is 29.1 Å². The molecule has 0 spiro atoms. The number of primary amides is 1. The van der Waals surface area contributed by atoms with Crippen molar-refractivity contribution in [1.82, 2.24) is 20.9 Å².